The van der Waals surface area contributed by atoms with Gasteiger partial charge in [-0.25, -0.2) is 0 Å². The van der Waals surface area contributed by atoms with Crippen molar-refractivity contribution in [3.8, 4) is 0 Å². The lowest BCUT2D eigenvalue weighted by molar-refractivity contribution is -0.136. The van der Waals surface area contributed by atoms with Crippen LogP contribution in [-0.2, 0) is 9.59 Å². The molecular weight excluding hydrogens is 320 g/mol. The smallest absolute Gasteiger partial charge is 0.262 e. The zero-order chi connectivity index (χ0) is 16.7. The molecule has 2 aliphatic heterocycles. The van der Waals surface area contributed by atoms with Crippen LogP contribution in [0.25, 0.3) is 0 Å². The van der Waals surface area contributed by atoms with Crippen LogP contribution < -0.4 is 16.4 Å². The van der Waals surface area contributed by atoms with E-state index in [-0.39, 0.29) is 29.1 Å². The van der Waals surface area contributed by atoms with Gasteiger partial charge in [-0.1, -0.05) is 0 Å². The first kappa shape index (κ1) is 15.1. The number of carbonyl (C=O) groups is 4. The van der Waals surface area contributed by atoms with Gasteiger partial charge in [0.05, 0.1) is 11.1 Å². The molecule has 3 rings (SSSR count). The highest BCUT2D eigenvalue weighted by atomic mass is 32.1. The highest BCUT2D eigenvalue weighted by Crippen LogP contribution is 2.29. The van der Waals surface area contributed by atoms with E-state index in [1.165, 1.54) is 12.1 Å². The van der Waals surface area contributed by atoms with E-state index in [1.807, 2.05) is 0 Å². The van der Waals surface area contributed by atoms with Crippen LogP contribution in [0.1, 0.15) is 33.6 Å². The average Bonchev–Trinajstić information content (AvgIpc) is 2.71. The summed E-state index contributed by atoms with van der Waals surface area (Å²) >= 11 is 4.73. The first-order chi connectivity index (χ1) is 10.9. The Labute approximate surface area is 136 Å². The largest absolute Gasteiger partial charge is 0.376 e. The maximum atomic E-state index is 12.5. The fraction of sp³-hybridized carbons (Fsp3) is 0.214. The lowest BCUT2D eigenvalue weighted by Crippen LogP contribution is -2.54. The van der Waals surface area contributed by atoms with Crippen LogP contribution in [0.2, 0.25) is 0 Å². The number of nitrogens with two attached hydrogens (primary N) is 1. The number of rotatable bonds is 2. The third-order valence-electron chi connectivity index (χ3n) is 3.71. The van der Waals surface area contributed by atoms with Gasteiger partial charge in [-0.05, 0) is 36.8 Å². The molecular formula is C14H12N4O4S. The molecule has 0 aliphatic carbocycles. The van der Waals surface area contributed by atoms with Crippen LogP contribution in [0.5, 0.6) is 0 Å². The van der Waals surface area contributed by atoms with E-state index in [0.717, 1.165) is 4.90 Å². The average molecular weight is 332 g/mol. The standard InChI is InChI=1S/C14H12N4O4S/c15-14(23)16-6-1-2-7-8(5-6)13(22)18(12(7)21)9-3-4-10(19)17-11(9)20/h1-2,5,9H,3-4H2,(H3,15,16,23)(H,17,19,20). The molecule has 1 aromatic rings. The van der Waals surface area contributed by atoms with E-state index < -0.39 is 29.7 Å². The van der Waals surface area contributed by atoms with Crippen LogP contribution in [-0.4, -0.2) is 39.7 Å². The van der Waals surface area contributed by atoms with Gasteiger partial charge >= 0.3 is 0 Å². The Kier molecular flexibility index (Phi) is 3.57. The molecule has 0 bridgehead atoms. The van der Waals surface area contributed by atoms with Crippen molar-refractivity contribution in [1.29, 1.82) is 0 Å². The molecule has 0 saturated carbocycles. The second-order valence-electron chi connectivity index (χ2n) is 5.20. The van der Waals surface area contributed by atoms with Crippen molar-refractivity contribution >= 4 is 46.6 Å². The minimum absolute atomic E-state index is 0.0312. The molecule has 4 N–H and O–H groups in total. The van der Waals surface area contributed by atoms with Gasteiger partial charge in [-0.15, -0.1) is 0 Å². The molecule has 23 heavy (non-hydrogen) atoms. The second kappa shape index (κ2) is 5.43. The molecule has 1 fully saturated rings. The van der Waals surface area contributed by atoms with Crippen molar-refractivity contribution in [1.82, 2.24) is 10.2 Å². The van der Waals surface area contributed by atoms with E-state index in [2.05, 4.69) is 10.6 Å². The Morgan fingerprint density at radius 2 is 1.91 bits per heavy atom. The summed E-state index contributed by atoms with van der Waals surface area (Å²) in [6, 6.07) is 3.52. The number of benzene rings is 1. The fourth-order valence-corrected chi connectivity index (χ4v) is 2.81. The maximum Gasteiger partial charge on any atom is 0.262 e. The predicted octanol–water partition coefficient (Wildman–Crippen LogP) is -0.257. The molecule has 9 heteroatoms. The van der Waals surface area contributed by atoms with Crippen molar-refractivity contribution in [3.63, 3.8) is 0 Å². The SMILES string of the molecule is NC(=S)Nc1ccc2c(c1)C(=O)N(C1CCC(=O)NC1=O)C2=O. The van der Waals surface area contributed by atoms with Gasteiger partial charge in [0.1, 0.15) is 6.04 Å². The molecule has 118 valence electrons. The lowest BCUT2D eigenvalue weighted by Gasteiger charge is -2.27. The number of nitrogens with one attached hydrogen (secondary N) is 2. The summed E-state index contributed by atoms with van der Waals surface area (Å²) < 4.78 is 0. The number of hydrogen-bond donors (Lipinski definition) is 3. The number of hydrogen-bond acceptors (Lipinski definition) is 5. The summed E-state index contributed by atoms with van der Waals surface area (Å²) in [5.41, 5.74) is 6.22. The fourth-order valence-electron chi connectivity index (χ4n) is 2.69. The Morgan fingerprint density at radius 1 is 1.22 bits per heavy atom. The summed E-state index contributed by atoms with van der Waals surface area (Å²) in [4.78, 5) is 49.0. The number of fused-ring (bicyclic) bond motifs is 1. The van der Waals surface area contributed by atoms with Crippen LogP contribution in [0.3, 0.4) is 0 Å². The summed E-state index contributed by atoms with van der Waals surface area (Å²) in [6.45, 7) is 0. The minimum Gasteiger partial charge on any atom is -0.376 e. The summed E-state index contributed by atoms with van der Waals surface area (Å²) in [5, 5.41) is 4.85. The topological polar surface area (TPSA) is 122 Å². The molecule has 0 radical (unpaired) electrons. The molecule has 1 atom stereocenters. The Bertz CT molecular complexity index is 776. The van der Waals surface area contributed by atoms with Crippen molar-refractivity contribution in [2.24, 2.45) is 5.73 Å². The first-order valence-electron chi connectivity index (χ1n) is 6.80. The highest BCUT2D eigenvalue weighted by molar-refractivity contribution is 7.80. The quantitative estimate of drug-likeness (QED) is 0.504. The van der Waals surface area contributed by atoms with Gasteiger partial charge < -0.3 is 11.1 Å². The van der Waals surface area contributed by atoms with Crippen molar-refractivity contribution in [2.45, 2.75) is 18.9 Å². The van der Waals surface area contributed by atoms with Gasteiger partial charge in [-0.2, -0.15) is 0 Å². The molecule has 2 aliphatic rings. The number of amides is 4. The zero-order valence-corrected chi connectivity index (χ0v) is 12.6. The predicted molar refractivity (Wildman–Crippen MR) is 83.5 cm³/mol. The Morgan fingerprint density at radius 3 is 2.57 bits per heavy atom. The van der Waals surface area contributed by atoms with Crippen LogP contribution >= 0.6 is 12.2 Å². The van der Waals surface area contributed by atoms with Crippen LogP contribution in [0, 0.1) is 0 Å². The molecule has 0 spiro atoms. The number of anilines is 1. The van der Waals surface area contributed by atoms with Gasteiger partial charge in [0.25, 0.3) is 11.8 Å². The molecule has 1 aromatic carbocycles. The molecule has 1 unspecified atom stereocenters. The summed E-state index contributed by atoms with van der Waals surface area (Å²) in [6.07, 6.45) is 0.201. The maximum absolute atomic E-state index is 12.5. The lowest BCUT2D eigenvalue weighted by atomic mass is 10.0. The van der Waals surface area contributed by atoms with E-state index in [4.69, 9.17) is 18.0 Å². The molecule has 0 aromatic heterocycles. The van der Waals surface area contributed by atoms with E-state index >= 15 is 0 Å². The number of nitrogens with zero attached hydrogens (tertiary/aromatic N) is 1. The Hall–Kier alpha value is -2.81. The highest BCUT2D eigenvalue weighted by Gasteiger charge is 2.44. The van der Waals surface area contributed by atoms with Crippen molar-refractivity contribution in [2.75, 3.05) is 5.32 Å². The van der Waals surface area contributed by atoms with Gasteiger partial charge in [0.2, 0.25) is 11.8 Å². The van der Waals surface area contributed by atoms with E-state index in [1.54, 1.807) is 6.07 Å². The van der Waals surface area contributed by atoms with Gasteiger partial charge in [0.15, 0.2) is 5.11 Å². The third kappa shape index (κ3) is 2.55. The molecule has 1 saturated heterocycles. The monoisotopic (exact) mass is 332 g/mol. The number of imide groups is 2. The summed E-state index contributed by atoms with van der Waals surface area (Å²) in [5.74, 6) is -2.18. The Balaban J connectivity index is 1.92. The zero-order valence-electron chi connectivity index (χ0n) is 11.8. The number of thiocarbonyl (C=S) groups is 1. The molecule has 4 amide bonds. The van der Waals surface area contributed by atoms with Crippen molar-refractivity contribution < 1.29 is 19.2 Å². The third-order valence-corrected chi connectivity index (χ3v) is 3.81. The van der Waals surface area contributed by atoms with Crippen molar-refractivity contribution in [3.05, 3.63) is 29.3 Å². The summed E-state index contributed by atoms with van der Waals surface area (Å²) in [7, 11) is 0. The molecule has 2 heterocycles. The first-order valence-corrected chi connectivity index (χ1v) is 7.21. The minimum atomic E-state index is -0.980. The van der Waals surface area contributed by atoms with Crippen LogP contribution in [0.15, 0.2) is 18.2 Å². The van der Waals surface area contributed by atoms with Crippen LogP contribution in [0.4, 0.5) is 5.69 Å². The van der Waals surface area contributed by atoms with Gasteiger partial charge in [-0.3, -0.25) is 29.4 Å². The van der Waals surface area contributed by atoms with Gasteiger partial charge in [0, 0.05) is 12.1 Å². The number of carbonyl (C=O) groups excluding carboxylic acids is 4. The second-order valence-corrected chi connectivity index (χ2v) is 5.64. The number of piperidine rings is 1. The van der Waals surface area contributed by atoms with E-state index in [9.17, 15) is 19.2 Å². The molecule has 8 nitrogen and oxygen atoms in total. The normalized spacial score (nSPS) is 20.3. The van der Waals surface area contributed by atoms with E-state index in [0.29, 0.717) is 5.69 Å².